The van der Waals surface area contributed by atoms with Crippen molar-refractivity contribution in [3.8, 4) is 0 Å². The van der Waals surface area contributed by atoms with Crippen molar-refractivity contribution < 1.29 is 14.1 Å². The first kappa shape index (κ1) is 12.5. The number of carbonyl (C=O) groups is 2. The Morgan fingerprint density at radius 1 is 1.38 bits per heavy atom. The largest absolute Gasteiger partial charge is 0.321 e. The molecule has 74 valence electrons. The van der Waals surface area contributed by atoms with Crippen molar-refractivity contribution in [2.45, 2.75) is 6.92 Å². The third kappa shape index (κ3) is 2.24. The zero-order chi connectivity index (χ0) is 10.5. The second kappa shape index (κ2) is 5.26. The lowest BCUT2D eigenvalue weighted by molar-refractivity contribution is -0.109. The smallest absolute Gasteiger partial charge is 0.212 e. The summed E-state index contributed by atoms with van der Waals surface area (Å²) in [5, 5.41) is -0.820. The highest BCUT2D eigenvalue weighted by Gasteiger charge is 2.35. The van der Waals surface area contributed by atoms with Crippen LogP contribution >= 0.6 is 20.1 Å². The molecular weight excluding hydrogens is 208 g/mol. The van der Waals surface area contributed by atoms with Crippen molar-refractivity contribution in [3.63, 3.8) is 0 Å². The van der Waals surface area contributed by atoms with Crippen LogP contribution in [0.5, 0.6) is 0 Å². The highest BCUT2D eigenvalue weighted by atomic mass is 33.2. The normalized spacial score (nSPS) is 11.8. The molecule has 0 aromatic rings. The van der Waals surface area contributed by atoms with E-state index in [0.29, 0.717) is 16.8 Å². The summed E-state index contributed by atoms with van der Waals surface area (Å²) in [5.74, 6) is 0.296. The van der Waals surface area contributed by atoms with Gasteiger partial charge in [-0.1, -0.05) is 20.1 Å². The second-order valence-electron chi connectivity index (χ2n) is 2.08. The summed E-state index contributed by atoms with van der Waals surface area (Å²) in [6.45, 7) is 8.28. The maximum atomic E-state index is 11.4. The van der Waals surface area contributed by atoms with E-state index < -0.39 is 19.3 Å². The minimum Gasteiger partial charge on any atom is -0.321 e. The van der Waals surface area contributed by atoms with Crippen LogP contribution in [-0.4, -0.2) is 20.5 Å². The van der Waals surface area contributed by atoms with Crippen LogP contribution in [0.2, 0.25) is 0 Å². The highest BCUT2D eigenvalue weighted by Crippen LogP contribution is 2.59. The lowest BCUT2D eigenvalue weighted by Crippen LogP contribution is -2.16. The van der Waals surface area contributed by atoms with Crippen LogP contribution < -0.4 is 0 Å². The van der Waals surface area contributed by atoms with Crippen molar-refractivity contribution in [3.05, 3.63) is 25.3 Å². The van der Waals surface area contributed by atoms with Crippen molar-refractivity contribution in [2.24, 2.45) is 0 Å². The molecule has 5 heteroatoms. The van der Waals surface area contributed by atoms with E-state index in [9.17, 15) is 9.59 Å². The van der Waals surface area contributed by atoms with E-state index in [0.717, 1.165) is 12.2 Å². The van der Waals surface area contributed by atoms with Gasteiger partial charge in [-0.3, -0.25) is 9.59 Å². The third-order valence-corrected chi connectivity index (χ3v) is 6.67. The molecule has 0 spiro atoms. The van der Waals surface area contributed by atoms with Gasteiger partial charge in [-0.15, -0.1) is 0 Å². The fourth-order valence-corrected chi connectivity index (χ4v) is 3.50. The SMILES string of the molecule is C=CC(=O)S(CC)(SO)C(=O)C=C. The molecule has 0 amide bonds. The number of carbonyl (C=O) groups excluding carboxylic acids is 2. The molecule has 13 heavy (non-hydrogen) atoms. The minimum atomic E-state index is -2.37. The average molecular weight is 220 g/mol. The number of hydrogen-bond donors (Lipinski definition) is 1. The van der Waals surface area contributed by atoms with Crippen LogP contribution in [0.3, 0.4) is 0 Å². The molecule has 0 aromatic carbocycles. The first-order chi connectivity index (χ1) is 6.08. The Labute approximate surface area is 82.8 Å². The van der Waals surface area contributed by atoms with Crippen LogP contribution in [0.15, 0.2) is 25.3 Å². The molecule has 0 bridgehead atoms. The van der Waals surface area contributed by atoms with Crippen LogP contribution in [-0.2, 0) is 9.59 Å². The fraction of sp³-hybridized carbons (Fsp3) is 0.250. The van der Waals surface area contributed by atoms with E-state index in [2.05, 4.69) is 13.2 Å². The van der Waals surface area contributed by atoms with Crippen LogP contribution in [0.4, 0.5) is 0 Å². The van der Waals surface area contributed by atoms with E-state index in [-0.39, 0.29) is 0 Å². The van der Waals surface area contributed by atoms with Crippen molar-refractivity contribution >= 4 is 30.4 Å². The summed E-state index contributed by atoms with van der Waals surface area (Å²) in [6, 6.07) is 0. The Morgan fingerprint density at radius 3 is 1.92 bits per heavy atom. The van der Waals surface area contributed by atoms with Crippen molar-refractivity contribution in [1.82, 2.24) is 0 Å². The zero-order valence-electron chi connectivity index (χ0n) is 7.36. The molecule has 1 N–H and O–H groups in total. The standard InChI is InChI=1S/C8H12O3S2/c1-4-7(9)13(6-3,12-11)8(10)5-2/h4-5,11H,1-2,6H2,3H3. The van der Waals surface area contributed by atoms with E-state index >= 15 is 0 Å². The maximum Gasteiger partial charge on any atom is 0.212 e. The van der Waals surface area contributed by atoms with Gasteiger partial charge in [0.1, 0.15) is 0 Å². The van der Waals surface area contributed by atoms with Crippen LogP contribution in [0.1, 0.15) is 6.92 Å². The molecule has 0 unspecified atom stereocenters. The summed E-state index contributed by atoms with van der Waals surface area (Å²) in [6.07, 6.45) is 2.15. The molecule has 0 atom stereocenters. The topological polar surface area (TPSA) is 54.4 Å². The summed E-state index contributed by atoms with van der Waals surface area (Å²) < 4.78 is 9.00. The quantitative estimate of drug-likeness (QED) is 0.449. The van der Waals surface area contributed by atoms with Gasteiger partial charge in [-0.2, -0.15) is 0 Å². The minimum absolute atomic E-state index is 0.296. The lowest BCUT2D eigenvalue weighted by atomic mass is 10.7. The van der Waals surface area contributed by atoms with Gasteiger partial charge >= 0.3 is 0 Å². The van der Waals surface area contributed by atoms with Gasteiger partial charge in [0.25, 0.3) is 0 Å². The molecule has 0 rings (SSSR count). The molecule has 0 aliphatic rings. The average Bonchev–Trinajstić information content (AvgIpc) is 2.19. The number of hydrogen-bond acceptors (Lipinski definition) is 4. The molecule has 0 aliphatic carbocycles. The molecular formula is C8H12O3S2. The molecule has 0 aliphatic heterocycles. The summed E-state index contributed by atoms with van der Waals surface area (Å²) >= 11 is 0.324. The van der Waals surface area contributed by atoms with Gasteiger partial charge in [0.05, 0.1) is 11.1 Å². The number of rotatable bonds is 4. The van der Waals surface area contributed by atoms with E-state index in [1.165, 1.54) is 0 Å². The monoisotopic (exact) mass is 220 g/mol. The Morgan fingerprint density at radius 2 is 1.77 bits per heavy atom. The molecule has 0 radical (unpaired) electrons. The molecule has 0 saturated carbocycles. The van der Waals surface area contributed by atoms with Gasteiger partial charge < -0.3 is 4.55 Å². The fourth-order valence-electron chi connectivity index (χ4n) is 0.779. The molecule has 3 nitrogen and oxygen atoms in total. The Balaban J connectivity index is 5.12. The van der Waals surface area contributed by atoms with Gasteiger partial charge in [-0.05, 0) is 27.0 Å². The maximum absolute atomic E-state index is 11.4. The van der Waals surface area contributed by atoms with E-state index in [1.54, 1.807) is 6.92 Å². The first-order valence-electron chi connectivity index (χ1n) is 3.56. The Bertz CT molecular complexity index is 222. The van der Waals surface area contributed by atoms with E-state index in [1.807, 2.05) is 0 Å². The third-order valence-electron chi connectivity index (χ3n) is 1.52. The van der Waals surface area contributed by atoms with Crippen molar-refractivity contribution in [2.75, 3.05) is 5.75 Å². The van der Waals surface area contributed by atoms with Gasteiger partial charge in [0.15, 0.2) is 0 Å². The van der Waals surface area contributed by atoms with Gasteiger partial charge in [-0.25, -0.2) is 0 Å². The molecule has 0 aromatic heterocycles. The van der Waals surface area contributed by atoms with Gasteiger partial charge in [0.2, 0.25) is 10.2 Å². The predicted molar refractivity (Wildman–Crippen MR) is 58.8 cm³/mol. The molecule has 0 fully saturated rings. The van der Waals surface area contributed by atoms with Crippen molar-refractivity contribution in [1.29, 1.82) is 0 Å². The molecule has 0 saturated heterocycles. The van der Waals surface area contributed by atoms with Gasteiger partial charge in [0, 0.05) is 0 Å². The summed E-state index contributed by atoms with van der Waals surface area (Å²) in [7, 11) is -2.37. The zero-order valence-corrected chi connectivity index (χ0v) is 8.99. The highest BCUT2D eigenvalue weighted by molar-refractivity contribution is 9.04. The molecule has 0 heterocycles. The van der Waals surface area contributed by atoms with Crippen LogP contribution in [0, 0.1) is 0 Å². The van der Waals surface area contributed by atoms with E-state index in [4.69, 9.17) is 4.55 Å². The Hall–Kier alpha value is -0.520. The predicted octanol–water partition coefficient (Wildman–Crippen LogP) is 2.36. The second-order valence-corrected chi connectivity index (χ2v) is 7.12. The van der Waals surface area contributed by atoms with Crippen LogP contribution in [0.25, 0.3) is 0 Å². The summed E-state index contributed by atoms with van der Waals surface area (Å²) in [4.78, 5) is 22.7. The summed E-state index contributed by atoms with van der Waals surface area (Å²) in [5.41, 5.74) is 0. The first-order valence-corrected chi connectivity index (χ1v) is 6.65. The lowest BCUT2D eigenvalue weighted by Gasteiger charge is -2.28. The Kier molecular flexibility index (Phi) is 5.05.